The van der Waals surface area contributed by atoms with Gasteiger partial charge >= 0.3 is 0 Å². The van der Waals surface area contributed by atoms with Crippen LogP contribution < -0.4 is 0 Å². The molecule has 1 atom stereocenters. The quantitative estimate of drug-likeness (QED) is 0.401. The second kappa shape index (κ2) is 4.04. The Hall–Kier alpha value is -0.130. The fraction of sp³-hybridized carbons (Fsp3) is 0.200. The molecule has 0 rings (SSSR count). The van der Waals surface area contributed by atoms with Gasteiger partial charge in [-0.05, 0) is 5.57 Å². The minimum absolute atomic E-state index is 0.550. The zero-order valence-electron chi connectivity index (χ0n) is 4.18. The first-order valence-corrected chi connectivity index (χ1v) is 2.40. The fourth-order valence-electron chi connectivity index (χ4n) is 0.166. The van der Waals surface area contributed by atoms with Gasteiger partial charge in [-0.25, -0.2) is 0 Å². The van der Waals surface area contributed by atoms with Gasteiger partial charge in [-0.15, -0.1) is 0 Å². The normalized spacial score (nSPS) is 8.14. The Morgan fingerprint density at radius 3 is 2.57 bits per heavy atom. The number of hydrogen-bond donors (Lipinski definition) is 0. The third-order valence-corrected chi connectivity index (χ3v) is 0.724. The van der Waals surface area contributed by atoms with Gasteiger partial charge in [0, 0.05) is 9.47 Å². The molecule has 0 spiro atoms. The van der Waals surface area contributed by atoms with Crippen molar-refractivity contribution >= 4 is 9.47 Å². The molecular weight excluding hydrogens is 107 g/mol. The predicted octanol–water partition coefficient (Wildman–Crippen LogP) is 1.54. The third-order valence-electron chi connectivity index (χ3n) is 0.557. The van der Waals surface area contributed by atoms with Gasteiger partial charge in [-0.1, -0.05) is 19.2 Å². The monoisotopic (exact) mass is 116 g/mol. The summed E-state index contributed by atoms with van der Waals surface area (Å²) in [6, 6.07) is 0. The van der Waals surface area contributed by atoms with Crippen molar-refractivity contribution in [2.45, 2.75) is 0 Å². The van der Waals surface area contributed by atoms with E-state index in [9.17, 15) is 0 Å². The van der Waals surface area contributed by atoms with Crippen LogP contribution in [0.4, 0.5) is 0 Å². The lowest BCUT2D eigenvalue weighted by Gasteiger charge is -1.92. The molecule has 0 aromatic carbocycles. The third kappa shape index (κ3) is 3.71. The molecule has 0 aliphatic carbocycles. The summed E-state index contributed by atoms with van der Waals surface area (Å²) in [5.41, 5.74) is 0.898. The van der Waals surface area contributed by atoms with Crippen molar-refractivity contribution in [1.82, 2.24) is 0 Å². The largest absolute Gasteiger partial charge is 0.361 e. The first kappa shape index (κ1) is 6.87. The summed E-state index contributed by atoms with van der Waals surface area (Å²) < 4.78 is 4.64. The lowest BCUT2D eigenvalue weighted by atomic mass is 10.3. The fourth-order valence-corrected chi connectivity index (χ4v) is 0.380. The van der Waals surface area contributed by atoms with E-state index in [1.807, 2.05) is 0 Å². The standard InChI is InChI=1S/C5H9OP/c1-3-5(2)4-6-7/h3H,1-2,4,7H2. The molecule has 1 unspecified atom stereocenters. The molecule has 1 nitrogen and oxygen atoms in total. The SMILES string of the molecule is C=CC(=C)COP. The van der Waals surface area contributed by atoms with Gasteiger partial charge in [0.25, 0.3) is 0 Å². The Morgan fingerprint density at radius 2 is 2.43 bits per heavy atom. The molecule has 0 aliphatic heterocycles. The molecule has 0 aliphatic rings. The van der Waals surface area contributed by atoms with E-state index in [0.29, 0.717) is 6.61 Å². The van der Waals surface area contributed by atoms with E-state index in [-0.39, 0.29) is 0 Å². The molecule has 0 fully saturated rings. The van der Waals surface area contributed by atoms with Crippen LogP contribution in [0.15, 0.2) is 24.8 Å². The van der Waals surface area contributed by atoms with Crippen LogP contribution in [0.3, 0.4) is 0 Å². The summed E-state index contributed by atoms with van der Waals surface area (Å²) >= 11 is 0. The molecule has 0 saturated heterocycles. The topological polar surface area (TPSA) is 9.23 Å². The minimum atomic E-state index is 0.550. The molecule has 0 amide bonds. The van der Waals surface area contributed by atoms with Crippen LogP contribution in [0.25, 0.3) is 0 Å². The van der Waals surface area contributed by atoms with E-state index in [1.54, 1.807) is 6.08 Å². The summed E-state index contributed by atoms with van der Waals surface area (Å²) in [5, 5.41) is 0. The molecule has 0 N–H and O–H groups in total. The van der Waals surface area contributed by atoms with Crippen LogP contribution in [0, 0.1) is 0 Å². The molecular formula is C5H9OP. The minimum Gasteiger partial charge on any atom is -0.361 e. The van der Waals surface area contributed by atoms with Crippen molar-refractivity contribution in [3.8, 4) is 0 Å². The molecule has 40 valence electrons. The van der Waals surface area contributed by atoms with Crippen LogP contribution in [-0.4, -0.2) is 6.61 Å². The summed E-state index contributed by atoms with van der Waals surface area (Å²) in [5.74, 6) is 0. The van der Waals surface area contributed by atoms with Gasteiger partial charge in [-0.3, -0.25) is 0 Å². The summed E-state index contributed by atoms with van der Waals surface area (Å²) in [6.07, 6.45) is 1.67. The Labute approximate surface area is 46.3 Å². The van der Waals surface area contributed by atoms with Crippen molar-refractivity contribution in [3.63, 3.8) is 0 Å². The van der Waals surface area contributed by atoms with Gasteiger partial charge < -0.3 is 4.52 Å². The van der Waals surface area contributed by atoms with Gasteiger partial charge in [0.05, 0.1) is 6.61 Å². The highest BCUT2D eigenvalue weighted by Crippen LogP contribution is 1.94. The van der Waals surface area contributed by atoms with Crippen LogP contribution >= 0.6 is 9.47 Å². The van der Waals surface area contributed by atoms with Crippen molar-refractivity contribution in [1.29, 1.82) is 0 Å². The lowest BCUT2D eigenvalue weighted by Crippen LogP contribution is -1.81. The highest BCUT2D eigenvalue weighted by molar-refractivity contribution is 7.09. The van der Waals surface area contributed by atoms with E-state index < -0.39 is 0 Å². The van der Waals surface area contributed by atoms with Gasteiger partial charge in [0.2, 0.25) is 0 Å². The van der Waals surface area contributed by atoms with Gasteiger partial charge in [0.1, 0.15) is 0 Å². The number of hydrogen-bond acceptors (Lipinski definition) is 1. The Kier molecular flexibility index (Phi) is 3.97. The zero-order chi connectivity index (χ0) is 5.70. The average Bonchev–Trinajstić information content (AvgIpc) is 1.68. The summed E-state index contributed by atoms with van der Waals surface area (Å²) in [7, 11) is 2.14. The number of rotatable bonds is 3. The highest BCUT2D eigenvalue weighted by atomic mass is 31.0. The van der Waals surface area contributed by atoms with Crippen molar-refractivity contribution in [2.24, 2.45) is 0 Å². The smallest absolute Gasteiger partial charge is 0.0746 e. The summed E-state index contributed by atoms with van der Waals surface area (Å²) in [6.45, 7) is 7.65. The van der Waals surface area contributed by atoms with E-state index >= 15 is 0 Å². The first-order chi connectivity index (χ1) is 3.31. The Bertz CT molecular complexity index is 78.1. The van der Waals surface area contributed by atoms with Crippen LogP contribution in [0.2, 0.25) is 0 Å². The molecule has 0 heterocycles. The van der Waals surface area contributed by atoms with E-state index in [4.69, 9.17) is 0 Å². The zero-order valence-corrected chi connectivity index (χ0v) is 5.34. The van der Waals surface area contributed by atoms with E-state index in [0.717, 1.165) is 5.57 Å². The van der Waals surface area contributed by atoms with Crippen molar-refractivity contribution in [2.75, 3.05) is 6.61 Å². The second-order valence-corrected chi connectivity index (χ2v) is 1.51. The predicted molar refractivity (Wildman–Crippen MR) is 35.0 cm³/mol. The molecule has 0 saturated carbocycles. The Balaban J connectivity index is 3.17. The Morgan fingerprint density at radius 1 is 1.86 bits per heavy atom. The summed E-state index contributed by atoms with van der Waals surface area (Å²) in [4.78, 5) is 0. The average molecular weight is 116 g/mol. The maximum atomic E-state index is 4.64. The van der Waals surface area contributed by atoms with Crippen molar-refractivity contribution in [3.05, 3.63) is 24.8 Å². The van der Waals surface area contributed by atoms with Crippen LogP contribution in [0.1, 0.15) is 0 Å². The lowest BCUT2D eigenvalue weighted by molar-refractivity contribution is 0.418. The maximum absolute atomic E-state index is 4.64. The molecule has 0 aromatic rings. The second-order valence-electron chi connectivity index (χ2n) is 1.17. The van der Waals surface area contributed by atoms with Gasteiger partial charge in [0.15, 0.2) is 0 Å². The molecule has 0 radical (unpaired) electrons. The van der Waals surface area contributed by atoms with E-state index in [1.165, 1.54) is 0 Å². The molecule has 7 heavy (non-hydrogen) atoms. The van der Waals surface area contributed by atoms with Crippen LogP contribution in [0.5, 0.6) is 0 Å². The van der Waals surface area contributed by atoms with E-state index in [2.05, 4.69) is 27.1 Å². The molecule has 0 aromatic heterocycles. The van der Waals surface area contributed by atoms with Gasteiger partial charge in [-0.2, -0.15) is 0 Å². The highest BCUT2D eigenvalue weighted by Gasteiger charge is 1.79. The molecule has 0 bridgehead atoms. The molecule has 2 heteroatoms. The maximum Gasteiger partial charge on any atom is 0.0746 e. The first-order valence-electron chi connectivity index (χ1n) is 1.93. The van der Waals surface area contributed by atoms with Crippen molar-refractivity contribution < 1.29 is 4.52 Å². The van der Waals surface area contributed by atoms with Crippen LogP contribution in [-0.2, 0) is 4.52 Å².